The molecule has 0 saturated carbocycles. The van der Waals surface area contributed by atoms with Crippen LogP contribution in [0.15, 0.2) is 52.7 Å². The Bertz CT molecular complexity index is 1020. The van der Waals surface area contributed by atoms with Gasteiger partial charge < -0.3 is 20.6 Å². The van der Waals surface area contributed by atoms with Crippen molar-refractivity contribution in [1.29, 1.82) is 0 Å². The van der Waals surface area contributed by atoms with E-state index in [1.165, 1.54) is 24.3 Å². The highest BCUT2D eigenvalue weighted by Gasteiger charge is 2.44. The van der Waals surface area contributed by atoms with Gasteiger partial charge >= 0.3 is 5.97 Å². The second kappa shape index (κ2) is 11.9. The first kappa shape index (κ1) is 25.6. The molecule has 13 heteroatoms. The molecule has 0 aliphatic carbocycles. The first-order chi connectivity index (χ1) is 16.3. The molecule has 6 N–H and O–H groups in total. The standard InChI is InChI=1S/C21H30N6O6S/c28-18(17-10-15-33-26-17)25-21(19(29)30,27-34(31,32)16-8-3-1-4-9-16)11-5-2-6-12-22-20-23-13-7-14-24-20/h1,3-4,7-9,13,20,22-24,27H,2,5-6,10-12,14-15H2,(H,25,28)(H,29,30). The van der Waals surface area contributed by atoms with E-state index < -0.39 is 27.6 Å². The molecule has 0 aromatic heterocycles. The minimum Gasteiger partial charge on any atom is -0.478 e. The number of sulfonamides is 1. The number of carbonyl (C=O) groups is 2. The number of hydrogen-bond donors (Lipinski definition) is 6. The third-order valence-corrected chi connectivity index (χ3v) is 6.83. The average molecular weight is 495 g/mol. The van der Waals surface area contributed by atoms with Crippen molar-refractivity contribution in [3.8, 4) is 0 Å². The highest BCUT2D eigenvalue weighted by atomic mass is 32.2. The number of hydrogen-bond acceptors (Lipinski definition) is 9. The molecule has 0 fully saturated rings. The number of carbonyl (C=O) groups excluding carboxylic acids is 1. The van der Waals surface area contributed by atoms with E-state index in [1.54, 1.807) is 6.07 Å². The lowest BCUT2D eigenvalue weighted by molar-refractivity contribution is -0.148. The zero-order valence-corrected chi connectivity index (χ0v) is 19.4. The van der Waals surface area contributed by atoms with Gasteiger partial charge in [-0.3, -0.25) is 15.4 Å². The number of carboxylic acid groups (broad SMARTS) is 1. The van der Waals surface area contributed by atoms with E-state index in [0.717, 1.165) is 13.0 Å². The van der Waals surface area contributed by atoms with E-state index in [2.05, 4.69) is 31.1 Å². The Balaban J connectivity index is 1.67. The van der Waals surface area contributed by atoms with Crippen molar-refractivity contribution in [2.75, 3.05) is 19.7 Å². The molecule has 186 valence electrons. The van der Waals surface area contributed by atoms with Gasteiger partial charge in [0.05, 0.1) is 4.90 Å². The Kier molecular flexibility index (Phi) is 8.98. The molecule has 3 rings (SSSR count). The summed E-state index contributed by atoms with van der Waals surface area (Å²) >= 11 is 0. The third kappa shape index (κ3) is 7.00. The lowest BCUT2D eigenvalue weighted by atomic mass is 10.0. The van der Waals surface area contributed by atoms with Crippen LogP contribution in [-0.4, -0.2) is 62.8 Å². The van der Waals surface area contributed by atoms with Crippen LogP contribution in [0.5, 0.6) is 0 Å². The maximum Gasteiger partial charge on any atom is 0.345 e. The van der Waals surface area contributed by atoms with Gasteiger partial charge in [-0.2, -0.15) is 4.72 Å². The Morgan fingerprint density at radius 1 is 1.21 bits per heavy atom. The minimum absolute atomic E-state index is 0.00951. The number of nitrogens with zero attached hydrogens (tertiary/aromatic N) is 1. The van der Waals surface area contributed by atoms with Crippen molar-refractivity contribution in [2.45, 2.75) is 49.0 Å². The number of rotatable bonds is 13. The van der Waals surface area contributed by atoms with Crippen LogP contribution >= 0.6 is 0 Å². The molecule has 2 aliphatic heterocycles. The van der Waals surface area contributed by atoms with E-state index in [-0.39, 0.29) is 36.3 Å². The second-order valence-electron chi connectivity index (χ2n) is 7.88. The molecular formula is C21H30N6O6S. The largest absolute Gasteiger partial charge is 0.478 e. The summed E-state index contributed by atoms with van der Waals surface area (Å²) in [5.74, 6) is -2.31. The van der Waals surface area contributed by atoms with Gasteiger partial charge in [-0.15, -0.1) is 0 Å². The van der Waals surface area contributed by atoms with Gasteiger partial charge in [-0.1, -0.05) is 35.9 Å². The Labute approximate surface area is 198 Å². The van der Waals surface area contributed by atoms with Gasteiger partial charge in [0.2, 0.25) is 15.7 Å². The number of aliphatic carboxylic acids is 1. The smallest absolute Gasteiger partial charge is 0.345 e. The zero-order chi connectivity index (χ0) is 24.4. The quantitative estimate of drug-likeness (QED) is 0.160. The predicted molar refractivity (Wildman–Crippen MR) is 124 cm³/mol. The molecule has 0 bridgehead atoms. The van der Waals surface area contributed by atoms with E-state index in [9.17, 15) is 23.1 Å². The van der Waals surface area contributed by atoms with Gasteiger partial charge in [0.1, 0.15) is 18.6 Å². The zero-order valence-electron chi connectivity index (χ0n) is 18.6. The number of unbranched alkanes of at least 4 members (excludes halogenated alkanes) is 2. The van der Waals surface area contributed by atoms with E-state index in [4.69, 9.17) is 4.84 Å². The summed E-state index contributed by atoms with van der Waals surface area (Å²) in [5.41, 5.74) is -2.24. The minimum atomic E-state index is -4.25. The van der Waals surface area contributed by atoms with Crippen molar-refractivity contribution in [3.05, 3.63) is 42.6 Å². The van der Waals surface area contributed by atoms with Crippen LogP contribution in [0.3, 0.4) is 0 Å². The van der Waals surface area contributed by atoms with Crippen LogP contribution in [0.2, 0.25) is 0 Å². The first-order valence-corrected chi connectivity index (χ1v) is 12.5. The van der Waals surface area contributed by atoms with Crippen molar-refractivity contribution in [3.63, 3.8) is 0 Å². The molecule has 2 unspecified atom stereocenters. The third-order valence-electron chi connectivity index (χ3n) is 5.32. The highest BCUT2D eigenvalue weighted by molar-refractivity contribution is 7.89. The number of oxime groups is 1. The number of benzene rings is 1. The molecule has 1 aromatic carbocycles. The van der Waals surface area contributed by atoms with Crippen molar-refractivity contribution in [2.24, 2.45) is 5.16 Å². The average Bonchev–Trinajstić information content (AvgIpc) is 3.37. The SMILES string of the molecule is O=C(NC(CCCCCNC1NC=CCN1)(NS(=O)(=O)c1ccccc1)C(=O)O)C1=NOCC1. The van der Waals surface area contributed by atoms with Crippen LogP contribution in [0.4, 0.5) is 0 Å². The van der Waals surface area contributed by atoms with Gasteiger partial charge in [0, 0.05) is 13.0 Å². The monoisotopic (exact) mass is 494 g/mol. The topological polar surface area (TPSA) is 170 Å². The normalized spacial score (nSPS) is 19.4. The number of carboxylic acids is 1. The van der Waals surface area contributed by atoms with E-state index in [1.807, 2.05) is 12.3 Å². The van der Waals surface area contributed by atoms with Crippen LogP contribution in [0.1, 0.15) is 32.1 Å². The second-order valence-corrected chi connectivity index (χ2v) is 9.56. The fourth-order valence-electron chi connectivity index (χ4n) is 3.50. The highest BCUT2D eigenvalue weighted by Crippen LogP contribution is 2.19. The fraction of sp³-hybridized carbons (Fsp3) is 0.476. The molecule has 2 aliphatic rings. The van der Waals surface area contributed by atoms with Crippen LogP contribution < -0.4 is 26.0 Å². The molecule has 2 atom stereocenters. The van der Waals surface area contributed by atoms with Gasteiger partial charge in [-0.05, 0) is 44.1 Å². The molecule has 2 heterocycles. The molecular weight excluding hydrogens is 464 g/mol. The molecule has 0 saturated heterocycles. The van der Waals surface area contributed by atoms with E-state index in [0.29, 0.717) is 19.4 Å². The van der Waals surface area contributed by atoms with Crippen molar-refractivity contribution >= 4 is 27.6 Å². The van der Waals surface area contributed by atoms with Crippen LogP contribution in [0, 0.1) is 0 Å². The lowest BCUT2D eigenvalue weighted by Crippen LogP contribution is -2.66. The molecule has 12 nitrogen and oxygen atoms in total. The maximum atomic E-state index is 13.0. The molecule has 1 amide bonds. The predicted octanol–water partition coefficient (Wildman–Crippen LogP) is -0.222. The lowest BCUT2D eigenvalue weighted by Gasteiger charge is -2.31. The molecule has 1 aromatic rings. The summed E-state index contributed by atoms with van der Waals surface area (Å²) in [5, 5.41) is 25.6. The summed E-state index contributed by atoms with van der Waals surface area (Å²) in [6.07, 6.45) is 5.49. The molecule has 0 radical (unpaired) electrons. The first-order valence-electron chi connectivity index (χ1n) is 11.0. The van der Waals surface area contributed by atoms with Crippen molar-refractivity contribution in [1.82, 2.24) is 26.0 Å². The fourth-order valence-corrected chi connectivity index (χ4v) is 4.83. The summed E-state index contributed by atoms with van der Waals surface area (Å²) < 4.78 is 28.1. The molecule has 0 spiro atoms. The van der Waals surface area contributed by atoms with Gasteiger partial charge in [0.25, 0.3) is 5.91 Å². The van der Waals surface area contributed by atoms with Crippen LogP contribution in [0.25, 0.3) is 0 Å². The van der Waals surface area contributed by atoms with Gasteiger partial charge in [-0.25, -0.2) is 13.2 Å². The Morgan fingerprint density at radius 2 is 2.00 bits per heavy atom. The number of amides is 1. The summed E-state index contributed by atoms with van der Waals surface area (Å²) in [6, 6.07) is 7.39. The molecule has 34 heavy (non-hydrogen) atoms. The van der Waals surface area contributed by atoms with Crippen molar-refractivity contribution < 1.29 is 28.0 Å². The summed E-state index contributed by atoms with van der Waals surface area (Å²) in [4.78, 5) is 29.7. The Hall–Kier alpha value is -3.00. The maximum absolute atomic E-state index is 13.0. The van der Waals surface area contributed by atoms with Gasteiger partial charge in [0.15, 0.2) is 0 Å². The van der Waals surface area contributed by atoms with Crippen LogP contribution in [-0.2, 0) is 24.4 Å². The summed E-state index contributed by atoms with van der Waals surface area (Å²) in [6.45, 7) is 1.62. The number of nitrogens with one attached hydrogen (secondary N) is 5. The summed E-state index contributed by atoms with van der Waals surface area (Å²) in [7, 11) is -4.25. The van der Waals surface area contributed by atoms with E-state index >= 15 is 0 Å². The Morgan fingerprint density at radius 3 is 2.65 bits per heavy atom.